The van der Waals surface area contributed by atoms with Crippen LogP contribution in [0, 0.1) is 12.7 Å². The Balaban J connectivity index is 0.00000152. The van der Waals surface area contributed by atoms with Crippen molar-refractivity contribution in [3.05, 3.63) is 52.9 Å². The van der Waals surface area contributed by atoms with Gasteiger partial charge in [-0.2, -0.15) is 0 Å². The average Bonchev–Trinajstić information content (AvgIpc) is 3.26. The van der Waals surface area contributed by atoms with E-state index in [1.54, 1.807) is 17.0 Å². The normalized spacial score (nSPS) is 23.6. The molecule has 1 aromatic heterocycles. The Kier molecular flexibility index (Phi) is 10.9. The summed E-state index contributed by atoms with van der Waals surface area (Å²) in [5.74, 6) is 0.829. The van der Waals surface area contributed by atoms with Gasteiger partial charge in [-0.1, -0.05) is 12.1 Å². The molecule has 5 rings (SSSR count). The van der Waals surface area contributed by atoms with E-state index < -0.39 is 0 Å². The lowest BCUT2D eigenvalue weighted by Gasteiger charge is -2.41. The zero-order valence-electron chi connectivity index (χ0n) is 20.8. The van der Waals surface area contributed by atoms with Crippen molar-refractivity contribution in [2.24, 2.45) is 5.73 Å². The number of benzene rings is 1. The van der Waals surface area contributed by atoms with E-state index in [0.717, 1.165) is 49.3 Å². The molecule has 4 atom stereocenters. The smallest absolute Gasteiger partial charge is 0.409 e. The summed E-state index contributed by atoms with van der Waals surface area (Å²) in [6.45, 7) is 4.25. The summed E-state index contributed by atoms with van der Waals surface area (Å²) in [5.41, 5.74) is 9.57. The maximum atomic E-state index is 13.6. The largest absolute Gasteiger partial charge is 0.453 e. The van der Waals surface area contributed by atoms with Gasteiger partial charge < -0.3 is 19.9 Å². The fraction of sp³-hybridized carbons (Fsp3) is 0.600. The van der Waals surface area contributed by atoms with Crippen LogP contribution in [-0.4, -0.2) is 57.7 Å². The number of carbonyl (C=O) groups excluding carboxylic acids is 1. The fourth-order valence-corrected chi connectivity index (χ4v) is 6.32. The summed E-state index contributed by atoms with van der Waals surface area (Å²) in [6.07, 6.45) is 6.07. The maximum Gasteiger partial charge on any atom is 0.409 e. The van der Waals surface area contributed by atoms with Gasteiger partial charge in [0.2, 0.25) is 0 Å². The third-order valence-corrected chi connectivity index (χ3v) is 7.86. The lowest BCUT2D eigenvalue weighted by molar-refractivity contribution is 0.100. The summed E-state index contributed by atoms with van der Waals surface area (Å²) in [5, 5.41) is 0. The maximum absolute atomic E-state index is 13.6. The number of amides is 1. The van der Waals surface area contributed by atoms with Crippen LogP contribution >= 0.6 is 37.2 Å². The number of hydrogen-bond acceptors (Lipinski definition) is 5. The summed E-state index contributed by atoms with van der Waals surface area (Å²) < 4.78 is 20.9. The number of hydrogen-bond donors (Lipinski definition) is 1. The molecule has 1 unspecified atom stereocenters. The second kappa shape index (κ2) is 12.8. The van der Waals surface area contributed by atoms with Crippen LogP contribution in [0.25, 0.3) is 0 Å². The molecule has 7 nitrogen and oxygen atoms in total. The monoisotopic (exact) mass is 563 g/mol. The van der Waals surface area contributed by atoms with Gasteiger partial charge in [0.05, 0.1) is 19.3 Å². The van der Waals surface area contributed by atoms with Gasteiger partial charge in [-0.25, -0.2) is 14.2 Å². The number of ether oxygens (including phenoxy) is 1. The molecule has 0 spiro atoms. The number of aromatic nitrogens is 2. The van der Waals surface area contributed by atoms with Crippen LogP contribution < -0.4 is 5.73 Å². The molecular weight excluding hydrogens is 528 g/mol. The Hall–Kier alpha value is -1.58. The Labute approximate surface area is 231 Å². The summed E-state index contributed by atoms with van der Waals surface area (Å²) in [6, 6.07) is 8.10. The Morgan fingerprint density at radius 1 is 1.19 bits per heavy atom. The second-order valence-corrected chi connectivity index (χ2v) is 9.76. The highest BCUT2D eigenvalue weighted by molar-refractivity contribution is 5.86. The van der Waals surface area contributed by atoms with Gasteiger partial charge in [-0.05, 0) is 56.7 Å². The Morgan fingerprint density at radius 3 is 2.53 bits per heavy atom. The van der Waals surface area contributed by atoms with E-state index in [1.807, 2.05) is 6.07 Å². The van der Waals surface area contributed by atoms with E-state index >= 15 is 0 Å². The first kappa shape index (κ1) is 30.6. The average molecular weight is 565 g/mol. The van der Waals surface area contributed by atoms with E-state index in [-0.39, 0.29) is 55.2 Å². The zero-order chi connectivity index (χ0) is 23.1. The standard InChI is InChI=1S/C25H34FN5O2.3ClH/c1-16-28-23-15-29(25(32)33-2)10-9-24(23)31(16)21-13-19-6-7-20(14-21)30(19)11-8-22(27)17-4-3-5-18(26)12-17;;;/h3-5,12,19-22H,6-11,13-15,27H2,1-2H3;3*1H/t19-,20+,21?,22-;;;/m0.../s1. The molecule has 4 heterocycles. The Morgan fingerprint density at radius 2 is 1.89 bits per heavy atom. The zero-order valence-corrected chi connectivity index (χ0v) is 23.2. The highest BCUT2D eigenvalue weighted by Crippen LogP contribution is 2.42. The molecule has 0 saturated carbocycles. The topological polar surface area (TPSA) is 76.6 Å². The number of fused-ring (bicyclic) bond motifs is 3. The van der Waals surface area contributed by atoms with Crippen LogP contribution in [0.2, 0.25) is 0 Å². The number of piperidine rings is 1. The van der Waals surface area contributed by atoms with Crippen molar-refractivity contribution in [3.63, 3.8) is 0 Å². The molecule has 2 bridgehead atoms. The molecule has 0 aliphatic carbocycles. The van der Waals surface area contributed by atoms with Crippen molar-refractivity contribution in [2.45, 2.75) is 76.2 Å². The molecule has 2 N–H and O–H groups in total. The van der Waals surface area contributed by atoms with Gasteiger partial charge in [0.1, 0.15) is 11.6 Å². The van der Waals surface area contributed by atoms with Gasteiger partial charge in [-0.3, -0.25) is 4.90 Å². The second-order valence-electron chi connectivity index (χ2n) is 9.76. The number of rotatable bonds is 5. The van der Waals surface area contributed by atoms with Crippen molar-refractivity contribution in [1.29, 1.82) is 0 Å². The van der Waals surface area contributed by atoms with Crippen LogP contribution in [0.1, 0.15) is 67.0 Å². The molecule has 36 heavy (non-hydrogen) atoms. The number of methoxy groups -OCH3 is 1. The number of nitrogens with zero attached hydrogens (tertiary/aromatic N) is 4. The minimum absolute atomic E-state index is 0. The predicted molar refractivity (Wildman–Crippen MR) is 145 cm³/mol. The molecule has 3 aliphatic heterocycles. The summed E-state index contributed by atoms with van der Waals surface area (Å²) in [4.78, 5) is 21.2. The highest BCUT2D eigenvalue weighted by atomic mass is 35.5. The molecule has 1 aromatic carbocycles. The lowest BCUT2D eigenvalue weighted by atomic mass is 9.95. The van der Waals surface area contributed by atoms with E-state index in [0.29, 0.717) is 31.2 Å². The van der Waals surface area contributed by atoms with Crippen LogP contribution in [0.15, 0.2) is 24.3 Å². The molecule has 11 heteroatoms. The summed E-state index contributed by atoms with van der Waals surface area (Å²) in [7, 11) is 1.43. The van der Waals surface area contributed by atoms with Crippen LogP contribution in [-0.2, 0) is 17.7 Å². The van der Waals surface area contributed by atoms with Crippen molar-refractivity contribution in [1.82, 2.24) is 19.4 Å². The molecule has 0 radical (unpaired) electrons. The Bertz CT molecular complexity index is 1030. The molecular formula is C25H37Cl3FN5O2. The number of halogens is 4. The van der Waals surface area contributed by atoms with Crippen LogP contribution in [0.3, 0.4) is 0 Å². The third kappa shape index (κ3) is 5.94. The van der Waals surface area contributed by atoms with Gasteiger partial charge in [-0.15, -0.1) is 37.2 Å². The molecule has 202 valence electrons. The van der Waals surface area contributed by atoms with E-state index in [9.17, 15) is 9.18 Å². The van der Waals surface area contributed by atoms with E-state index in [1.165, 1.54) is 31.7 Å². The summed E-state index contributed by atoms with van der Waals surface area (Å²) >= 11 is 0. The van der Waals surface area contributed by atoms with E-state index in [2.05, 4.69) is 16.4 Å². The number of aryl methyl sites for hydroxylation is 1. The van der Waals surface area contributed by atoms with Crippen molar-refractivity contribution in [2.75, 3.05) is 20.2 Å². The minimum Gasteiger partial charge on any atom is -0.453 e. The lowest BCUT2D eigenvalue weighted by Crippen LogP contribution is -2.45. The SMILES string of the molecule is COC(=O)N1CCc2c(nc(C)n2C2C[C@H]3CC[C@@H](C2)N3CC[C@H](N)c2cccc(F)c2)C1.Cl.Cl.Cl. The van der Waals surface area contributed by atoms with Gasteiger partial charge in [0.25, 0.3) is 0 Å². The van der Waals surface area contributed by atoms with Crippen molar-refractivity contribution in [3.8, 4) is 0 Å². The highest BCUT2D eigenvalue weighted by Gasteiger charge is 2.42. The van der Waals surface area contributed by atoms with Crippen molar-refractivity contribution >= 4 is 43.3 Å². The quantitative estimate of drug-likeness (QED) is 0.554. The first-order valence-corrected chi connectivity index (χ1v) is 12.1. The van der Waals surface area contributed by atoms with Gasteiger partial charge >= 0.3 is 6.09 Å². The van der Waals surface area contributed by atoms with E-state index in [4.69, 9.17) is 15.5 Å². The number of nitrogens with two attached hydrogens (primary N) is 1. The van der Waals surface area contributed by atoms with Crippen LogP contribution in [0.4, 0.5) is 9.18 Å². The van der Waals surface area contributed by atoms with Crippen LogP contribution in [0.5, 0.6) is 0 Å². The fourth-order valence-electron chi connectivity index (χ4n) is 6.32. The first-order chi connectivity index (χ1) is 15.9. The number of imidazole rings is 1. The molecule has 1 amide bonds. The first-order valence-electron chi connectivity index (χ1n) is 12.1. The third-order valence-electron chi connectivity index (χ3n) is 7.86. The van der Waals surface area contributed by atoms with Crippen molar-refractivity contribution < 1.29 is 13.9 Å². The van der Waals surface area contributed by atoms with Gasteiger partial charge in [0, 0.05) is 49.4 Å². The molecule has 2 fully saturated rings. The molecule has 2 aromatic rings. The predicted octanol–water partition coefficient (Wildman–Crippen LogP) is 4.98. The number of carbonyl (C=O) groups is 1. The minimum atomic E-state index is -0.282. The molecule has 3 aliphatic rings. The molecule has 2 saturated heterocycles. The van der Waals surface area contributed by atoms with Gasteiger partial charge in [0.15, 0.2) is 0 Å².